The van der Waals surface area contributed by atoms with Crippen molar-refractivity contribution in [3.05, 3.63) is 41.1 Å². The maximum atomic E-state index is 3.40. The zero-order chi connectivity index (χ0) is 11.1. The van der Waals surface area contributed by atoms with Crippen LogP contribution in [-0.2, 0) is 11.8 Å². The van der Waals surface area contributed by atoms with Crippen LogP contribution < -0.4 is 5.32 Å². The number of benzene rings is 1. The van der Waals surface area contributed by atoms with Crippen LogP contribution in [0, 0.1) is 0 Å². The molecule has 1 aromatic carbocycles. The fourth-order valence-corrected chi connectivity index (χ4v) is 1.88. The number of hydrogen-bond acceptors (Lipinski definition) is 1. The van der Waals surface area contributed by atoms with Gasteiger partial charge in [0, 0.05) is 11.4 Å². The molecule has 80 valence electrons. The molecule has 0 bridgehead atoms. The van der Waals surface area contributed by atoms with E-state index in [1.165, 1.54) is 22.5 Å². The van der Waals surface area contributed by atoms with Crippen LogP contribution >= 0.6 is 0 Å². The third-order valence-corrected chi connectivity index (χ3v) is 2.93. The van der Waals surface area contributed by atoms with E-state index < -0.39 is 0 Å². The van der Waals surface area contributed by atoms with E-state index in [2.05, 4.69) is 57.3 Å². The summed E-state index contributed by atoms with van der Waals surface area (Å²) in [6.45, 7) is 8.88. The monoisotopic (exact) mass is 201 g/mol. The summed E-state index contributed by atoms with van der Waals surface area (Å²) in [6.07, 6.45) is 3.30. The maximum absolute atomic E-state index is 3.40. The van der Waals surface area contributed by atoms with Crippen molar-refractivity contribution in [3.63, 3.8) is 0 Å². The summed E-state index contributed by atoms with van der Waals surface area (Å²) in [5, 5.41) is 3.40. The number of hydrogen-bond donors (Lipinski definition) is 1. The highest BCUT2D eigenvalue weighted by molar-refractivity contribution is 5.59. The summed E-state index contributed by atoms with van der Waals surface area (Å²) in [5.41, 5.74) is 5.59. The van der Waals surface area contributed by atoms with Gasteiger partial charge in [0.15, 0.2) is 0 Å². The van der Waals surface area contributed by atoms with E-state index in [-0.39, 0.29) is 5.41 Å². The molecular formula is C14H19N. The predicted molar refractivity (Wildman–Crippen MR) is 66.2 cm³/mol. The van der Waals surface area contributed by atoms with Crippen LogP contribution in [0.4, 0.5) is 5.69 Å². The Labute approximate surface area is 92.2 Å². The molecule has 0 amide bonds. The molecule has 0 aromatic heterocycles. The van der Waals surface area contributed by atoms with Crippen LogP contribution in [0.5, 0.6) is 0 Å². The smallest absolute Gasteiger partial charge is 0.0417 e. The molecule has 1 aliphatic heterocycles. The topological polar surface area (TPSA) is 12.0 Å². The van der Waals surface area contributed by atoms with Crippen molar-refractivity contribution in [3.8, 4) is 0 Å². The number of nitrogens with one attached hydrogen (secondary N) is 1. The molecular weight excluding hydrogens is 182 g/mol. The first-order valence-corrected chi connectivity index (χ1v) is 5.54. The fourth-order valence-electron chi connectivity index (χ4n) is 1.88. The molecule has 0 aliphatic carbocycles. The summed E-state index contributed by atoms with van der Waals surface area (Å²) < 4.78 is 0. The molecule has 1 aliphatic rings. The van der Waals surface area contributed by atoms with Gasteiger partial charge < -0.3 is 5.32 Å². The lowest BCUT2D eigenvalue weighted by atomic mass is 9.85. The highest BCUT2D eigenvalue weighted by Crippen LogP contribution is 2.29. The van der Waals surface area contributed by atoms with Gasteiger partial charge in [0.2, 0.25) is 0 Å². The lowest BCUT2D eigenvalue weighted by molar-refractivity contribution is 0.589. The second-order valence-electron chi connectivity index (χ2n) is 5.34. The molecule has 0 spiro atoms. The van der Waals surface area contributed by atoms with E-state index >= 15 is 0 Å². The number of rotatable bonds is 0. The Kier molecular flexibility index (Phi) is 2.34. The Morgan fingerprint density at radius 3 is 2.60 bits per heavy atom. The first kappa shape index (κ1) is 10.3. The maximum Gasteiger partial charge on any atom is 0.0417 e. The Morgan fingerprint density at radius 1 is 1.20 bits per heavy atom. The van der Waals surface area contributed by atoms with E-state index in [1.54, 1.807) is 0 Å². The molecule has 0 saturated carbocycles. The largest absolute Gasteiger partial charge is 0.359 e. The van der Waals surface area contributed by atoms with Crippen LogP contribution in [0.15, 0.2) is 30.0 Å². The van der Waals surface area contributed by atoms with Crippen LogP contribution in [0.25, 0.3) is 0 Å². The molecule has 1 heterocycles. The molecule has 15 heavy (non-hydrogen) atoms. The Balaban J connectivity index is 2.39. The van der Waals surface area contributed by atoms with Gasteiger partial charge in [-0.15, -0.1) is 0 Å². The van der Waals surface area contributed by atoms with Gasteiger partial charge in [-0.2, -0.15) is 0 Å². The minimum atomic E-state index is 0.241. The molecule has 0 saturated heterocycles. The molecule has 1 N–H and O–H groups in total. The molecule has 1 heteroatoms. The van der Waals surface area contributed by atoms with Crippen molar-refractivity contribution in [2.45, 2.75) is 39.5 Å². The molecule has 1 aromatic rings. The highest BCUT2D eigenvalue weighted by Gasteiger charge is 2.16. The Bertz CT molecular complexity index is 408. The van der Waals surface area contributed by atoms with E-state index in [0.717, 1.165) is 6.42 Å². The minimum Gasteiger partial charge on any atom is -0.359 e. The number of allylic oxidation sites excluding steroid dienone is 2. The van der Waals surface area contributed by atoms with Crippen LogP contribution in [-0.4, -0.2) is 0 Å². The normalized spacial score (nSPS) is 15.3. The van der Waals surface area contributed by atoms with E-state index in [9.17, 15) is 0 Å². The number of fused-ring (bicyclic) bond motifs is 1. The summed E-state index contributed by atoms with van der Waals surface area (Å²) in [5.74, 6) is 0. The lowest BCUT2D eigenvalue weighted by Gasteiger charge is -2.23. The molecule has 0 fully saturated rings. The quantitative estimate of drug-likeness (QED) is 0.672. The van der Waals surface area contributed by atoms with Gasteiger partial charge in [-0.25, -0.2) is 0 Å². The lowest BCUT2D eigenvalue weighted by Crippen LogP contribution is -2.13. The minimum absolute atomic E-state index is 0.241. The van der Waals surface area contributed by atoms with Gasteiger partial charge in [-0.3, -0.25) is 0 Å². The molecule has 2 rings (SSSR count). The highest BCUT2D eigenvalue weighted by atomic mass is 14.9. The third kappa shape index (κ3) is 2.06. The fraction of sp³-hybridized carbons (Fsp3) is 0.429. The summed E-state index contributed by atoms with van der Waals surface area (Å²) in [4.78, 5) is 0. The van der Waals surface area contributed by atoms with Crippen molar-refractivity contribution in [2.24, 2.45) is 0 Å². The third-order valence-electron chi connectivity index (χ3n) is 2.93. The van der Waals surface area contributed by atoms with Crippen LogP contribution in [0.2, 0.25) is 0 Å². The zero-order valence-electron chi connectivity index (χ0n) is 10.0. The van der Waals surface area contributed by atoms with E-state index in [1.807, 2.05) is 0 Å². The average Bonchev–Trinajstić information content (AvgIpc) is 2.15. The number of anilines is 1. The Morgan fingerprint density at radius 2 is 1.93 bits per heavy atom. The second kappa shape index (κ2) is 3.41. The van der Waals surface area contributed by atoms with Crippen molar-refractivity contribution in [1.29, 1.82) is 0 Å². The summed E-state index contributed by atoms with van der Waals surface area (Å²) >= 11 is 0. The van der Waals surface area contributed by atoms with Gasteiger partial charge in [-0.1, -0.05) is 39.0 Å². The van der Waals surface area contributed by atoms with Gasteiger partial charge in [0.1, 0.15) is 0 Å². The van der Waals surface area contributed by atoms with Crippen molar-refractivity contribution >= 4 is 5.69 Å². The summed E-state index contributed by atoms with van der Waals surface area (Å²) in [6, 6.07) is 6.75. The van der Waals surface area contributed by atoms with E-state index in [0.29, 0.717) is 0 Å². The Hall–Kier alpha value is -1.24. The van der Waals surface area contributed by atoms with Gasteiger partial charge >= 0.3 is 0 Å². The van der Waals surface area contributed by atoms with E-state index in [4.69, 9.17) is 0 Å². The zero-order valence-corrected chi connectivity index (χ0v) is 10.0. The first-order chi connectivity index (χ1) is 6.97. The molecule has 0 radical (unpaired) electrons. The molecule has 0 unspecified atom stereocenters. The van der Waals surface area contributed by atoms with Crippen molar-refractivity contribution in [1.82, 2.24) is 0 Å². The van der Waals surface area contributed by atoms with Crippen LogP contribution in [0.3, 0.4) is 0 Å². The first-order valence-electron chi connectivity index (χ1n) is 5.54. The predicted octanol–water partition coefficient (Wildman–Crippen LogP) is 3.86. The average molecular weight is 201 g/mol. The SMILES string of the molecule is CC1=CCc2cc(C(C)(C)C)ccc2N1. The summed E-state index contributed by atoms with van der Waals surface area (Å²) in [7, 11) is 0. The molecule has 0 atom stereocenters. The van der Waals surface area contributed by atoms with Crippen LogP contribution in [0.1, 0.15) is 38.8 Å². The second-order valence-corrected chi connectivity index (χ2v) is 5.34. The van der Waals surface area contributed by atoms with Gasteiger partial charge in [0.25, 0.3) is 0 Å². The van der Waals surface area contributed by atoms with Gasteiger partial charge in [0.05, 0.1) is 0 Å². The van der Waals surface area contributed by atoms with Crippen molar-refractivity contribution < 1.29 is 0 Å². The standard InChI is InChI=1S/C14H19N/c1-10-5-6-11-9-12(14(2,3)4)7-8-13(11)15-10/h5,7-9,15H,6H2,1-4H3. The molecule has 1 nitrogen and oxygen atoms in total. The van der Waals surface area contributed by atoms with Crippen molar-refractivity contribution in [2.75, 3.05) is 5.32 Å². The van der Waals surface area contributed by atoms with Gasteiger partial charge in [-0.05, 0) is 36.0 Å².